The molecule has 9 heteroatoms. The van der Waals surface area contributed by atoms with Crippen molar-refractivity contribution in [2.24, 2.45) is 5.14 Å². The average molecular weight is 363 g/mol. The Kier molecular flexibility index (Phi) is 5.73. The number of anilines is 1. The van der Waals surface area contributed by atoms with Gasteiger partial charge in [-0.25, -0.2) is 13.6 Å². The molecule has 2 amide bonds. The summed E-state index contributed by atoms with van der Waals surface area (Å²) in [6.45, 7) is 0.0647. The largest absolute Gasteiger partial charge is 0.497 e. The lowest BCUT2D eigenvalue weighted by molar-refractivity contribution is -0.136. The Morgan fingerprint density at radius 2 is 1.76 bits per heavy atom. The SMILES string of the molecule is COc1cccc(NC(=O)C(=O)NCc2ccc(S(N)(=O)=O)cc2)c1. The summed E-state index contributed by atoms with van der Waals surface area (Å²) in [5, 5.41) is 9.90. The number of benzene rings is 2. The standard InChI is InChI=1S/C16H17N3O5S/c1-24-13-4-2-3-12(9-13)19-16(21)15(20)18-10-11-5-7-14(8-6-11)25(17,22)23/h2-9H,10H2,1H3,(H,18,20)(H,19,21)(H2,17,22,23). The number of carbonyl (C=O) groups excluding carboxylic acids is 2. The van der Waals surface area contributed by atoms with Crippen LogP contribution in [0, 0.1) is 0 Å². The van der Waals surface area contributed by atoms with Crippen molar-refractivity contribution in [3.05, 3.63) is 54.1 Å². The molecule has 25 heavy (non-hydrogen) atoms. The zero-order chi connectivity index (χ0) is 18.4. The molecule has 2 aromatic rings. The molecule has 0 aliphatic carbocycles. The number of amides is 2. The first-order valence-corrected chi connectivity index (χ1v) is 8.69. The van der Waals surface area contributed by atoms with Gasteiger partial charge in [0.15, 0.2) is 0 Å². The van der Waals surface area contributed by atoms with Crippen molar-refractivity contribution in [2.45, 2.75) is 11.4 Å². The van der Waals surface area contributed by atoms with Gasteiger partial charge in [-0.15, -0.1) is 0 Å². The van der Waals surface area contributed by atoms with Crippen LogP contribution in [-0.2, 0) is 26.2 Å². The van der Waals surface area contributed by atoms with Crippen LogP contribution < -0.4 is 20.5 Å². The lowest BCUT2D eigenvalue weighted by Gasteiger charge is -2.08. The molecule has 4 N–H and O–H groups in total. The molecular weight excluding hydrogens is 346 g/mol. The molecule has 0 fully saturated rings. The van der Waals surface area contributed by atoms with Gasteiger partial charge in [0, 0.05) is 18.3 Å². The summed E-state index contributed by atoms with van der Waals surface area (Å²) in [4.78, 5) is 23.7. The molecule has 132 valence electrons. The minimum atomic E-state index is -3.77. The fourth-order valence-electron chi connectivity index (χ4n) is 1.95. The summed E-state index contributed by atoms with van der Waals surface area (Å²) in [6, 6.07) is 12.2. The number of rotatable bonds is 5. The molecule has 8 nitrogen and oxygen atoms in total. The first kappa shape index (κ1) is 18.4. The molecule has 0 radical (unpaired) electrons. The van der Waals surface area contributed by atoms with Gasteiger partial charge >= 0.3 is 11.8 Å². The molecule has 0 saturated heterocycles. The Morgan fingerprint density at radius 1 is 1.08 bits per heavy atom. The van der Waals surface area contributed by atoms with E-state index in [1.807, 2.05) is 0 Å². The number of ether oxygens (including phenoxy) is 1. The van der Waals surface area contributed by atoms with Gasteiger partial charge in [0.25, 0.3) is 0 Å². The highest BCUT2D eigenvalue weighted by atomic mass is 32.2. The van der Waals surface area contributed by atoms with Crippen LogP contribution in [0.25, 0.3) is 0 Å². The van der Waals surface area contributed by atoms with Crippen molar-refractivity contribution in [1.29, 1.82) is 0 Å². The lowest BCUT2D eigenvalue weighted by Crippen LogP contribution is -2.34. The van der Waals surface area contributed by atoms with E-state index >= 15 is 0 Å². The van der Waals surface area contributed by atoms with E-state index in [4.69, 9.17) is 9.88 Å². The zero-order valence-corrected chi connectivity index (χ0v) is 14.2. The van der Waals surface area contributed by atoms with Crippen LogP contribution in [0.5, 0.6) is 5.75 Å². The van der Waals surface area contributed by atoms with Crippen molar-refractivity contribution < 1.29 is 22.7 Å². The molecule has 2 aromatic carbocycles. The van der Waals surface area contributed by atoms with E-state index in [0.717, 1.165) is 0 Å². The van der Waals surface area contributed by atoms with Gasteiger partial charge in [-0.05, 0) is 29.8 Å². The Morgan fingerprint density at radius 3 is 2.36 bits per heavy atom. The molecule has 2 rings (SSSR count). The number of hydrogen-bond acceptors (Lipinski definition) is 5. The molecule has 0 aliphatic heterocycles. The second-order valence-electron chi connectivity index (χ2n) is 5.06. The number of nitrogens with two attached hydrogens (primary N) is 1. The fraction of sp³-hybridized carbons (Fsp3) is 0.125. The van der Waals surface area contributed by atoms with E-state index < -0.39 is 21.8 Å². The van der Waals surface area contributed by atoms with E-state index in [2.05, 4.69) is 10.6 Å². The van der Waals surface area contributed by atoms with Crippen LogP contribution in [0.3, 0.4) is 0 Å². The minimum Gasteiger partial charge on any atom is -0.497 e. The molecule has 0 saturated carbocycles. The van der Waals surface area contributed by atoms with Crippen molar-refractivity contribution >= 4 is 27.5 Å². The topological polar surface area (TPSA) is 128 Å². The number of carbonyl (C=O) groups is 2. The summed E-state index contributed by atoms with van der Waals surface area (Å²) < 4.78 is 27.4. The summed E-state index contributed by atoms with van der Waals surface area (Å²) in [5.74, 6) is -1.10. The number of primary sulfonamides is 1. The third kappa shape index (κ3) is 5.30. The van der Waals surface area contributed by atoms with Gasteiger partial charge in [0.1, 0.15) is 5.75 Å². The third-order valence-corrected chi connectivity index (χ3v) is 4.17. The quantitative estimate of drug-likeness (QED) is 0.670. The van der Waals surface area contributed by atoms with Crippen LogP contribution in [0.15, 0.2) is 53.4 Å². The highest BCUT2D eigenvalue weighted by Crippen LogP contribution is 2.16. The maximum Gasteiger partial charge on any atom is 0.313 e. The van der Waals surface area contributed by atoms with Gasteiger partial charge < -0.3 is 15.4 Å². The highest BCUT2D eigenvalue weighted by Gasteiger charge is 2.14. The Labute approximate surface area is 145 Å². The van der Waals surface area contributed by atoms with Crippen molar-refractivity contribution in [1.82, 2.24) is 5.32 Å². The maximum atomic E-state index is 11.9. The molecule has 0 atom stereocenters. The molecule has 0 bridgehead atoms. The van der Waals surface area contributed by atoms with Crippen molar-refractivity contribution in [3.63, 3.8) is 0 Å². The monoisotopic (exact) mass is 363 g/mol. The summed E-state index contributed by atoms with van der Waals surface area (Å²) in [6.07, 6.45) is 0. The van der Waals surface area contributed by atoms with Crippen LogP contribution in [0.1, 0.15) is 5.56 Å². The second kappa shape index (κ2) is 7.77. The fourth-order valence-corrected chi connectivity index (χ4v) is 2.46. The number of sulfonamides is 1. The first-order valence-electron chi connectivity index (χ1n) is 7.14. The van der Waals surface area contributed by atoms with E-state index in [0.29, 0.717) is 17.0 Å². The van der Waals surface area contributed by atoms with Crippen molar-refractivity contribution in [2.75, 3.05) is 12.4 Å². The lowest BCUT2D eigenvalue weighted by atomic mass is 10.2. The predicted octanol–water partition coefficient (Wildman–Crippen LogP) is 0.598. The maximum absolute atomic E-state index is 11.9. The van der Waals surface area contributed by atoms with Gasteiger partial charge in [0.05, 0.1) is 12.0 Å². The molecule has 0 spiro atoms. The zero-order valence-electron chi connectivity index (χ0n) is 13.4. The normalized spacial score (nSPS) is 10.8. The van der Waals surface area contributed by atoms with E-state index in [1.54, 1.807) is 24.3 Å². The molecule has 0 unspecified atom stereocenters. The Hall–Kier alpha value is -2.91. The minimum absolute atomic E-state index is 0.0293. The van der Waals surface area contributed by atoms with Gasteiger partial charge in [-0.1, -0.05) is 18.2 Å². The van der Waals surface area contributed by atoms with Gasteiger partial charge in [-0.2, -0.15) is 0 Å². The molecule has 0 aliphatic rings. The first-order chi connectivity index (χ1) is 11.8. The van der Waals surface area contributed by atoms with Gasteiger partial charge in [0.2, 0.25) is 10.0 Å². The smallest absolute Gasteiger partial charge is 0.313 e. The number of hydrogen-bond donors (Lipinski definition) is 3. The second-order valence-corrected chi connectivity index (χ2v) is 6.62. The van der Waals surface area contributed by atoms with Crippen LogP contribution in [0.2, 0.25) is 0 Å². The van der Waals surface area contributed by atoms with Gasteiger partial charge in [-0.3, -0.25) is 9.59 Å². The van der Waals surface area contributed by atoms with E-state index in [1.165, 1.54) is 31.4 Å². The Balaban J connectivity index is 1.92. The van der Waals surface area contributed by atoms with Crippen LogP contribution in [0.4, 0.5) is 5.69 Å². The number of nitrogens with one attached hydrogen (secondary N) is 2. The van der Waals surface area contributed by atoms with E-state index in [-0.39, 0.29) is 11.4 Å². The summed E-state index contributed by atoms with van der Waals surface area (Å²) >= 11 is 0. The van der Waals surface area contributed by atoms with Crippen LogP contribution in [-0.4, -0.2) is 27.3 Å². The molecular formula is C16H17N3O5S. The molecule has 0 aromatic heterocycles. The Bertz CT molecular complexity index is 879. The van der Waals surface area contributed by atoms with E-state index in [9.17, 15) is 18.0 Å². The average Bonchev–Trinajstić information content (AvgIpc) is 2.59. The summed E-state index contributed by atoms with van der Waals surface area (Å²) in [7, 11) is -2.27. The molecule has 0 heterocycles. The summed E-state index contributed by atoms with van der Waals surface area (Å²) in [5.41, 5.74) is 1.05. The van der Waals surface area contributed by atoms with Crippen molar-refractivity contribution in [3.8, 4) is 5.75 Å². The number of methoxy groups -OCH3 is 1. The predicted molar refractivity (Wildman–Crippen MR) is 91.3 cm³/mol. The highest BCUT2D eigenvalue weighted by molar-refractivity contribution is 7.89. The van der Waals surface area contributed by atoms with Crippen LogP contribution >= 0.6 is 0 Å². The third-order valence-electron chi connectivity index (χ3n) is 3.24.